The van der Waals surface area contributed by atoms with Gasteiger partial charge in [0.25, 0.3) is 0 Å². The van der Waals surface area contributed by atoms with Gasteiger partial charge in [-0.25, -0.2) is 8.42 Å². The molecule has 1 saturated carbocycles. The van der Waals surface area contributed by atoms with Gasteiger partial charge in [0.1, 0.15) is 9.84 Å². The number of rotatable bonds is 2. The maximum Gasteiger partial charge on any atom is 0.150 e. The Hall–Kier alpha value is -0.0900. The third-order valence-electron chi connectivity index (χ3n) is 3.48. The molecule has 13 heavy (non-hydrogen) atoms. The molecule has 0 aromatic carbocycles. The van der Waals surface area contributed by atoms with Crippen LogP contribution in [0.4, 0.5) is 0 Å². The highest BCUT2D eigenvalue weighted by Gasteiger charge is 2.43. The minimum absolute atomic E-state index is 0.408. The topological polar surface area (TPSA) is 60.2 Å². The van der Waals surface area contributed by atoms with Crippen molar-refractivity contribution in [2.24, 2.45) is 23.5 Å². The highest BCUT2D eigenvalue weighted by Crippen LogP contribution is 2.47. The second kappa shape index (κ2) is 3.24. The van der Waals surface area contributed by atoms with E-state index in [0.29, 0.717) is 23.3 Å². The Labute approximate surface area is 79.6 Å². The Morgan fingerprint density at radius 2 is 1.85 bits per heavy atom. The van der Waals surface area contributed by atoms with E-state index in [0.717, 1.165) is 25.3 Å². The van der Waals surface area contributed by atoms with Crippen LogP contribution in [0, 0.1) is 17.8 Å². The zero-order valence-corrected chi connectivity index (χ0v) is 8.59. The third kappa shape index (κ3) is 2.05. The van der Waals surface area contributed by atoms with Crippen LogP contribution in [0.15, 0.2) is 0 Å². The molecule has 2 N–H and O–H groups in total. The van der Waals surface area contributed by atoms with Crippen LogP contribution < -0.4 is 5.73 Å². The molecule has 2 rings (SSSR count). The molecule has 1 aliphatic heterocycles. The summed E-state index contributed by atoms with van der Waals surface area (Å²) >= 11 is 0. The highest BCUT2D eigenvalue weighted by atomic mass is 32.2. The molecule has 0 radical (unpaired) electrons. The summed E-state index contributed by atoms with van der Waals surface area (Å²) in [5, 5.41) is 0. The zero-order chi connectivity index (χ0) is 9.47. The molecular weight excluding hydrogens is 186 g/mol. The Morgan fingerprint density at radius 3 is 2.31 bits per heavy atom. The summed E-state index contributed by atoms with van der Waals surface area (Å²) in [7, 11) is -2.68. The van der Waals surface area contributed by atoms with Gasteiger partial charge in [-0.05, 0) is 43.6 Å². The molecule has 4 heteroatoms. The lowest BCUT2D eigenvalue weighted by Gasteiger charge is -2.21. The van der Waals surface area contributed by atoms with Crippen LogP contribution in [-0.4, -0.2) is 26.5 Å². The van der Waals surface area contributed by atoms with Gasteiger partial charge in [-0.2, -0.15) is 0 Å². The fourth-order valence-electron chi connectivity index (χ4n) is 2.46. The van der Waals surface area contributed by atoms with E-state index in [1.54, 1.807) is 0 Å². The largest absolute Gasteiger partial charge is 0.330 e. The second-order valence-corrected chi connectivity index (χ2v) is 6.69. The van der Waals surface area contributed by atoms with Crippen molar-refractivity contribution in [1.82, 2.24) is 0 Å². The minimum Gasteiger partial charge on any atom is -0.330 e. The van der Waals surface area contributed by atoms with E-state index in [2.05, 4.69) is 0 Å². The quantitative estimate of drug-likeness (QED) is 0.707. The van der Waals surface area contributed by atoms with Gasteiger partial charge < -0.3 is 5.73 Å². The lowest BCUT2D eigenvalue weighted by molar-refractivity contribution is 0.396. The lowest BCUT2D eigenvalue weighted by atomic mass is 9.96. The molecule has 2 unspecified atom stereocenters. The van der Waals surface area contributed by atoms with Crippen molar-refractivity contribution < 1.29 is 8.42 Å². The van der Waals surface area contributed by atoms with E-state index >= 15 is 0 Å². The van der Waals surface area contributed by atoms with Gasteiger partial charge in [-0.3, -0.25) is 0 Å². The summed E-state index contributed by atoms with van der Waals surface area (Å²) in [5.74, 6) is 2.92. The average molecular weight is 203 g/mol. The van der Waals surface area contributed by atoms with Crippen LogP contribution in [0.5, 0.6) is 0 Å². The van der Waals surface area contributed by atoms with Gasteiger partial charge in [0, 0.05) is 0 Å². The fraction of sp³-hybridized carbons (Fsp3) is 1.00. The van der Waals surface area contributed by atoms with Crippen molar-refractivity contribution in [3.63, 3.8) is 0 Å². The van der Waals surface area contributed by atoms with Crippen LogP contribution in [0.1, 0.15) is 19.3 Å². The van der Waals surface area contributed by atoms with Gasteiger partial charge in [-0.15, -0.1) is 0 Å². The SMILES string of the molecule is NCC1CC1C1CCS(=O)(=O)CC1. The summed E-state index contributed by atoms with van der Waals surface area (Å²) in [4.78, 5) is 0. The first-order valence-corrected chi connectivity index (χ1v) is 6.85. The Kier molecular flexibility index (Phi) is 2.36. The Balaban J connectivity index is 1.86. The number of sulfone groups is 1. The zero-order valence-electron chi connectivity index (χ0n) is 7.78. The maximum atomic E-state index is 11.2. The molecule has 1 saturated heterocycles. The molecule has 76 valence electrons. The molecule has 0 aromatic heterocycles. The molecule has 1 heterocycles. The van der Waals surface area contributed by atoms with Gasteiger partial charge in [-0.1, -0.05) is 0 Å². The standard InChI is InChI=1S/C9H17NO2S/c10-6-8-5-9(8)7-1-3-13(11,12)4-2-7/h7-9H,1-6,10H2. The molecule has 1 aliphatic carbocycles. The van der Waals surface area contributed by atoms with Gasteiger partial charge >= 0.3 is 0 Å². The van der Waals surface area contributed by atoms with Crippen molar-refractivity contribution in [1.29, 1.82) is 0 Å². The molecule has 2 atom stereocenters. The highest BCUT2D eigenvalue weighted by molar-refractivity contribution is 7.91. The molecule has 2 fully saturated rings. The smallest absolute Gasteiger partial charge is 0.150 e. The molecule has 0 spiro atoms. The monoisotopic (exact) mass is 203 g/mol. The average Bonchev–Trinajstić information content (AvgIpc) is 2.83. The van der Waals surface area contributed by atoms with Crippen LogP contribution in [0.25, 0.3) is 0 Å². The van der Waals surface area contributed by atoms with E-state index in [-0.39, 0.29) is 0 Å². The normalized spacial score (nSPS) is 38.8. The second-order valence-electron chi connectivity index (χ2n) is 4.38. The first kappa shape index (κ1) is 9.46. The summed E-state index contributed by atoms with van der Waals surface area (Å²) in [6.07, 6.45) is 2.99. The Bertz CT molecular complexity index is 272. The first-order chi connectivity index (χ1) is 6.12. The lowest BCUT2D eigenvalue weighted by Crippen LogP contribution is -2.25. The first-order valence-electron chi connectivity index (χ1n) is 5.03. The molecule has 0 bridgehead atoms. The Morgan fingerprint density at radius 1 is 1.23 bits per heavy atom. The van der Waals surface area contributed by atoms with E-state index in [1.165, 1.54) is 6.42 Å². The molecule has 3 nitrogen and oxygen atoms in total. The number of hydrogen-bond donors (Lipinski definition) is 1. The summed E-state index contributed by atoms with van der Waals surface area (Å²) in [5.41, 5.74) is 5.57. The van der Waals surface area contributed by atoms with E-state index in [9.17, 15) is 8.42 Å². The van der Waals surface area contributed by atoms with Crippen molar-refractivity contribution in [2.45, 2.75) is 19.3 Å². The van der Waals surface area contributed by atoms with Gasteiger partial charge in [0.2, 0.25) is 0 Å². The predicted molar refractivity (Wildman–Crippen MR) is 52.0 cm³/mol. The van der Waals surface area contributed by atoms with Crippen LogP contribution in [0.3, 0.4) is 0 Å². The summed E-state index contributed by atoms with van der Waals surface area (Å²) in [6.45, 7) is 0.786. The van der Waals surface area contributed by atoms with E-state index in [4.69, 9.17) is 5.73 Å². The number of hydrogen-bond acceptors (Lipinski definition) is 3. The van der Waals surface area contributed by atoms with Gasteiger partial charge in [0.15, 0.2) is 0 Å². The van der Waals surface area contributed by atoms with Crippen molar-refractivity contribution >= 4 is 9.84 Å². The van der Waals surface area contributed by atoms with Crippen molar-refractivity contribution in [3.05, 3.63) is 0 Å². The van der Waals surface area contributed by atoms with Gasteiger partial charge in [0.05, 0.1) is 11.5 Å². The molecule has 2 aliphatic rings. The third-order valence-corrected chi connectivity index (χ3v) is 5.20. The maximum absolute atomic E-state index is 11.2. The van der Waals surface area contributed by atoms with Crippen molar-refractivity contribution in [3.8, 4) is 0 Å². The van der Waals surface area contributed by atoms with E-state index < -0.39 is 9.84 Å². The summed E-state index contributed by atoms with van der Waals surface area (Å²) < 4.78 is 22.3. The fourth-order valence-corrected chi connectivity index (χ4v) is 3.98. The number of nitrogens with two attached hydrogens (primary N) is 1. The molecular formula is C9H17NO2S. The van der Waals surface area contributed by atoms with E-state index in [1.807, 2.05) is 0 Å². The van der Waals surface area contributed by atoms with Crippen molar-refractivity contribution in [2.75, 3.05) is 18.1 Å². The summed E-state index contributed by atoms with van der Waals surface area (Å²) in [6, 6.07) is 0. The van der Waals surface area contributed by atoms with Crippen LogP contribution in [0.2, 0.25) is 0 Å². The van der Waals surface area contributed by atoms with Crippen LogP contribution >= 0.6 is 0 Å². The molecule has 0 amide bonds. The predicted octanol–water partition coefficient (Wildman–Crippen LogP) is 0.406. The van der Waals surface area contributed by atoms with Crippen LogP contribution in [-0.2, 0) is 9.84 Å². The minimum atomic E-state index is -2.68. The molecule has 0 aromatic rings.